The highest BCUT2D eigenvalue weighted by molar-refractivity contribution is 6.74. The summed E-state index contributed by atoms with van der Waals surface area (Å²) in [5.74, 6) is -0.581. The van der Waals surface area contributed by atoms with Gasteiger partial charge in [0.2, 0.25) is 0 Å². The van der Waals surface area contributed by atoms with Crippen molar-refractivity contribution >= 4 is 14.3 Å². The smallest absolute Gasteiger partial charge is 0.334 e. The summed E-state index contributed by atoms with van der Waals surface area (Å²) in [4.78, 5) is 11.8. The number of hydrogen-bond acceptors (Lipinski definition) is 4. The molecule has 1 rings (SSSR count). The van der Waals surface area contributed by atoms with E-state index in [1.54, 1.807) is 6.08 Å². The van der Waals surface area contributed by atoms with Gasteiger partial charge < -0.3 is 14.3 Å². The molecule has 21 heavy (non-hydrogen) atoms. The number of carbonyl (C=O) groups excluding carboxylic acids is 1. The first-order valence-corrected chi connectivity index (χ1v) is 10.2. The maximum Gasteiger partial charge on any atom is 0.334 e. The SMILES string of the molecule is C=C(CO[Si](C)(C)C(C)(C)C)[C@@H]1C[C@@H](O)C=C1C(=O)OC. The number of aliphatic hydroxyl groups excluding tert-OH is 1. The first-order valence-electron chi connectivity index (χ1n) is 7.29. The van der Waals surface area contributed by atoms with Crippen molar-refractivity contribution in [2.45, 2.75) is 51.4 Å². The Balaban J connectivity index is 2.73. The normalized spacial score (nSPS) is 22.9. The number of hydrogen-bond donors (Lipinski definition) is 1. The van der Waals surface area contributed by atoms with E-state index in [-0.39, 0.29) is 11.0 Å². The van der Waals surface area contributed by atoms with E-state index in [0.29, 0.717) is 18.6 Å². The Morgan fingerprint density at radius 1 is 1.48 bits per heavy atom. The van der Waals surface area contributed by atoms with Crippen LogP contribution >= 0.6 is 0 Å². The zero-order valence-corrected chi connectivity index (χ0v) is 15.0. The van der Waals surface area contributed by atoms with Crippen molar-refractivity contribution in [2.24, 2.45) is 5.92 Å². The third-order valence-corrected chi connectivity index (χ3v) is 9.04. The van der Waals surface area contributed by atoms with Crippen LogP contribution in [0.25, 0.3) is 0 Å². The topological polar surface area (TPSA) is 55.8 Å². The van der Waals surface area contributed by atoms with Gasteiger partial charge in [0.25, 0.3) is 0 Å². The molecule has 120 valence electrons. The fourth-order valence-corrected chi connectivity index (χ4v) is 3.04. The van der Waals surface area contributed by atoms with Gasteiger partial charge in [-0.05, 0) is 36.2 Å². The van der Waals surface area contributed by atoms with Crippen LogP contribution in [0.15, 0.2) is 23.8 Å². The van der Waals surface area contributed by atoms with Gasteiger partial charge in [-0.1, -0.05) is 27.4 Å². The van der Waals surface area contributed by atoms with E-state index >= 15 is 0 Å². The average molecular weight is 312 g/mol. The van der Waals surface area contributed by atoms with Crippen molar-refractivity contribution in [3.63, 3.8) is 0 Å². The summed E-state index contributed by atoms with van der Waals surface area (Å²) in [7, 11) is -0.505. The minimum absolute atomic E-state index is 0.128. The Labute approximate surface area is 129 Å². The highest BCUT2D eigenvalue weighted by Gasteiger charge is 2.38. The molecule has 0 aromatic carbocycles. The van der Waals surface area contributed by atoms with E-state index in [1.807, 2.05) is 0 Å². The molecule has 0 amide bonds. The number of rotatable bonds is 5. The van der Waals surface area contributed by atoms with E-state index in [2.05, 4.69) is 40.4 Å². The van der Waals surface area contributed by atoms with Crippen molar-refractivity contribution < 1.29 is 19.1 Å². The Bertz CT molecular complexity index is 446. The van der Waals surface area contributed by atoms with Crippen LogP contribution in [-0.4, -0.2) is 39.2 Å². The Kier molecular flexibility index (Phi) is 5.58. The van der Waals surface area contributed by atoms with Crippen LogP contribution in [0.5, 0.6) is 0 Å². The molecule has 0 fully saturated rings. The fraction of sp³-hybridized carbons (Fsp3) is 0.688. The maximum atomic E-state index is 11.8. The standard InChI is InChI=1S/C16H28O4Si/c1-11(10-20-21(6,7)16(2,3)4)13-8-12(17)9-14(13)15(18)19-5/h9,12-13,17H,1,8,10H2,2-7H3/t12-,13+/m1/s1. The number of ether oxygens (including phenoxy) is 1. The molecule has 0 unspecified atom stereocenters. The van der Waals surface area contributed by atoms with Gasteiger partial charge in [0.15, 0.2) is 8.32 Å². The molecule has 2 atom stereocenters. The maximum absolute atomic E-state index is 11.8. The van der Waals surface area contributed by atoms with Gasteiger partial charge in [0, 0.05) is 11.5 Å². The summed E-state index contributed by atoms with van der Waals surface area (Å²) >= 11 is 0. The minimum atomic E-state index is -1.85. The number of esters is 1. The highest BCUT2D eigenvalue weighted by Crippen LogP contribution is 2.38. The van der Waals surface area contributed by atoms with Crippen molar-refractivity contribution in [2.75, 3.05) is 13.7 Å². The van der Waals surface area contributed by atoms with Crippen LogP contribution in [0.2, 0.25) is 18.1 Å². The van der Waals surface area contributed by atoms with Gasteiger partial charge in [-0.15, -0.1) is 0 Å². The van der Waals surface area contributed by atoms with Crippen LogP contribution in [0.3, 0.4) is 0 Å². The molecule has 0 aromatic heterocycles. The van der Waals surface area contributed by atoms with Crippen molar-refractivity contribution in [3.05, 3.63) is 23.8 Å². The Morgan fingerprint density at radius 2 is 2.05 bits per heavy atom. The predicted molar refractivity (Wildman–Crippen MR) is 86.5 cm³/mol. The second-order valence-corrected chi connectivity index (χ2v) is 12.0. The highest BCUT2D eigenvalue weighted by atomic mass is 28.4. The van der Waals surface area contributed by atoms with Crippen molar-refractivity contribution in [1.29, 1.82) is 0 Å². The van der Waals surface area contributed by atoms with Gasteiger partial charge >= 0.3 is 5.97 Å². The predicted octanol–water partition coefficient (Wildman–Crippen LogP) is 3.04. The van der Waals surface area contributed by atoms with Crippen LogP contribution in [0, 0.1) is 5.92 Å². The molecule has 0 heterocycles. The second kappa shape index (κ2) is 6.46. The van der Waals surface area contributed by atoms with Gasteiger partial charge in [-0.25, -0.2) is 4.79 Å². The lowest BCUT2D eigenvalue weighted by Crippen LogP contribution is -2.41. The van der Waals surface area contributed by atoms with Crippen LogP contribution in [-0.2, 0) is 14.0 Å². The number of methoxy groups -OCH3 is 1. The monoisotopic (exact) mass is 312 g/mol. The lowest BCUT2D eigenvalue weighted by atomic mass is 9.94. The zero-order valence-electron chi connectivity index (χ0n) is 14.0. The molecule has 0 radical (unpaired) electrons. The molecule has 4 nitrogen and oxygen atoms in total. The van der Waals surface area contributed by atoms with Gasteiger partial charge in [-0.2, -0.15) is 0 Å². The molecule has 1 N–H and O–H groups in total. The molecule has 0 aromatic rings. The van der Waals surface area contributed by atoms with E-state index < -0.39 is 20.4 Å². The molecule has 5 heteroatoms. The third-order valence-electron chi connectivity index (χ3n) is 4.56. The summed E-state index contributed by atoms with van der Waals surface area (Å²) in [5.41, 5.74) is 1.32. The molecule has 1 aliphatic rings. The van der Waals surface area contributed by atoms with E-state index in [4.69, 9.17) is 9.16 Å². The first kappa shape index (κ1) is 18.1. The average Bonchev–Trinajstić information content (AvgIpc) is 2.76. The molecule has 0 bridgehead atoms. The zero-order chi connectivity index (χ0) is 16.4. The van der Waals surface area contributed by atoms with Crippen LogP contribution < -0.4 is 0 Å². The molecule has 1 aliphatic carbocycles. The molecular weight excluding hydrogens is 284 g/mol. The van der Waals surface area contributed by atoms with Gasteiger partial charge in [0.05, 0.1) is 19.8 Å². The van der Waals surface area contributed by atoms with Crippen LogP contribution in [0.4, 0.5) is 0 Å². The lowest BCUT2D eigenvalue weighted by molar-refractivity contribution is -0.136. The quantitative estimate of drug-likeness (QED) is 0.481. The molecule has 0 spiro atoms. The van der Waals surface area contributed by atoms with Crippen LogP contribution in [0.1, 0.15) is 27.2 Å². The summed E-state index contributed by atoms with van der Waals surface area (Å²) in [6, 6.07) is 0. The fourth-order valence-electron chi connectivity index (χ4n) is 2.06. The van der Waals surface area contributed by atoms with E-state index in [0.717, 1.165) is 5.57 Å². The molecule has 0 aliphatic heterocycles. The number of aliphatic hydroxyl groups is 1. The Morgan fingerprint density at radius 3 is 2.52 bits per heavy atom. The molecular formula is C16H28O4Si. The summed E-state index contributed by atoms with van der Waals surface area (Å²) in [6.45, 7) is 15.4. The third kappa shape index (κ3) is 4.28. The summed E-state index contributed by atoms with van der Waals surface area (Å²) in [6.07, 6.45) is 1.42. The molecule has 0 saturated heterocycles. The number of carbonyl (C=O) groups is 1. The minimum Gasteiger partial charge on any atom is -0.466 e. The second-order valence-electron chi connectivity index (χ2n) is 7.18. The first-order chi connectivity index (χ1) is 9.49. The van der Waals surface area contributed by atoms with E-state index in [1.165, 1.54) is 7.11 Å². The van der Waals surface area contributed by atoms with Gasteiger partial charge in [0.1, 0.15) is 0 Å². The van der Waals surface area contributed by atoms with E-state index in [9.17, 15) is 9.90 Å². The Hall–Kier alpha value is -0.913. The van der Waals surface area contributed by atoms with Crippen molar-refractivity contribution in [3.8, 4) is 0 Å². The van der Waals surface area contributed by atoms with Crippen molar-refractivity contribution in [1.82, 2.24) is 0 Å². The summed E-state index contributed by atoms with van der Waals surface area (Å²) in [5, 5.41) is 9.89. The summed E-state index contributed by atoms with van der Waals surface area (Å²) < 4.78 is 10.9. The lowest BCUT2D eigenvalue weighted by Gasteiger charge is -2.36. The largest absolute Gasteiger partial charge is 0.466 e. The van der Waals surface area contributed by atoms with Gasteiger partial charge in [-0.3, -0.25) is 0 Å². The molecule has 0 saturated carbocycles.